The molecule has 1 aliphatic rings. The zero-order valence-electron chi connectivity index (χ0n) is 11.8. The molecule has 0 atom stereocenters. The highest BCUT2D eigenvalue weighted by atomic mass is 35.5. The molecule has 0 aliphatic carbocycles. The highest BCUT2D eigenvalue weighted by molar-refractivity contribution is 8.19. The fourth-order valence-electron chi connectivity index (χ4n) is 2.16. The van der Waals surface area contributed by atoms with Crippen molar-refractivity contribution in [3.05, 3.63) is 62.6 Å². The highest BCUT2D eigenvalue weighted by Crippen LogP contribution is 2.45. The second-order valence-corrected chi connectivity index (χ2v) is 8.84. The minimum absolute atomic E-state index is 0.233. The standard InChI is InChI=1S/C16H12Cl3NOS2/c17-11-7-13(19)14(8-12(11)18)20-15(21)9-1-3-10(4-2-9)16-22-5-6-23-16/h1-4,7-8,16H,5-6H2,(H,20,21). The van der Waals surface area contributed by atoms with Crippen molar-refractivity contribution >= 4 is 69.9 Å². The maximum absolute atomic E-state index is 12.3. The molecule has 0 aromatic heterocycles. The van der Waals surface area contributed by atoms with E-state index in [0.29, 0.717) is 30.9 Å². The molecule has 3 rings (SSSR count). The van der Waals surface area contributed by atoms with Gasteiger partial charge in [-0.05, 0) is 29.8 Å². The molecule has 7 heteroatoms. The minimum Gasteiger partial charge on any atom is -0.321 e. The van der Waals surface area contributed by atoms with Gasteiger partial charge in [-0.25, -0.2) is 0 Å². The van der Waals surface area contributed by atoms with Gasteiger partial charge in [0.25, 0.3) is 5.91 Å². The van der Waals surface area contributed by atoms with Gasteiger partial charge in [-0.1, -0.05) is 46.9 Å². The molecule has 0 unspecified atom stereocenters. The maximum Gasteiger partial charge on any atom is 0.255 e. The van der Waals surface area contributed by atoms with Crippen molar-refractivity contribution in [2.75, 3.05) is 16.8 Å². The van der Waals surface area contributed by atoms with Gasteiger partial charge in [-0.3, -0.25) is 4.79 Å². The first kappa shape index (κ1) is 17.3. The summed E-state index contributed by atoms with van der Waals surface area (Å²) in [6, 6.07) is 10.7. The van der Waals surface area contributed by atoms with Crippen LogP contribution < -0.4 is 5.32 Å². The van der Waals surface area contributed by atoms with Crippen LogP contribution in [0.25, 0.3) is 0 Å². The van der Waals surface area contributed by atoms with Crippen LogP contribution in [0.5, 0.6) is 0 Å². The lowest BCUT2D eigenvalue weighted by molar-refractivity contribution is 0.102. The van der Waals surface area contributed by atoms with E-state index in [0.717, 1.165) is 0 Å². The van der Waals surface area contributed by atoms with E-state index in [9.17, 15) is 4.79 Å². The Balaban J connectivity index is 1.74. The Labute approximate surface area is 158 Å². The third kappa shape index (κ3) is 4.12. The molecule has 0 saturated carbocycles. The number of amides is 1. The maximum atomic E-state index is 12.3. The van der Waals surface area contributed by atoms with E-state index in [2.05, 4.69) is 5.32 Å². The average Bonchev–Trinajstić information content (AvgIpc) is 3.07. The van der Waals surface area contributed by atoms with E-state index in [1.165, 1.54) is 23.1 Å². The van der Waals surface area contributed by atoms with Gasteiger partial charge in [-0.2, -0.15) is 0 Å². The third-order valence-electron chi connectivity index (χ3n) is 3.32. The first-order valence-electron chi connectivity index (χ1n) is 6.83. The molecule has 1 saturated heterocycles. The van der Waals surface area contributed by atoms with E-state index in [1.54, 1.807) is 6.07 Å². The predicted octanol–water partition coefficient (Wildman–Crippen LogP) is 6.38. The van der Waals surface area contributed by atoms with Crippen LogP contribution in [0, 0.1) is 0 Å². The van der Waals surface area contributed by atoms with Crippen LogP contribution in [-0.2, 0) is 0 Å². The Kier molecular flexibility index (Phi) is 5.70. The number of benzene rings is 2. The van der Waals surface area contributed by atoms with Crippen molar-refractivity contribution in [1.82, 2.24) is 0 Å². The first-order valence-corrected chi connectivity index (χ1v) is 10.1. The Morgan fingerprint density at radius 2 is 1.57 bits per heavy atom. The van der Waals surface area contributed by atoms with Gasteiger partial charge in [0.2, 0.25) is 0 Å². The van der Waals surface area contributed by atoms with Crippen LogP contribution in [0.4, 0.5) is 5.69 Å². The van der Waals surface area contributed by atoms with E-state index < -0.39 is 0 Å². The summed E-state index contributed by atoms with van der Waals surface area (Å²) >= 11 is 21.8. The fraction of sp³-hybridized carbons (Fsp3) is 0.188. The third-order valence-corrected chi connectivity index (χ3v) is 7.46. The number of anilines is 1. The molecule has 2 aromatic rings. The lowest BCUT2D eigenvalue weighted by Gasteiger charge is -2.11. The molecular formula is C16H12Cl3NOS2. The topological polar surface area (TPSA) is 29.1 Å². The minimum atomic E-state index is -0.233. The average molecular weight is 405 g/mol. The summed E-state index contributed by atoms with van der Waals surface area (Å²) in [5, 5.41) is 3.81. The second kappa shape index (κ2) is 7.58. The predicted molar refractivity (Wildman–Crippen MR) is 104 cm³/mol. The van der Waals surface area contributed by atoms with Gasteiger partial charge in [0.1, 0.15) is 0 Å². The Morgan fingerprint density at radius 3 is 2.22 bits per heavy atom. The number of carbonyl (C=O) groups is 1. The van der Waals surface area contributed by atoms with Gasteiger partial charge < -0.3 is 5.32 Å². The molecule has 120 valence electrons. The van der Waals surface area contributed by atoms with Crippen molar-refractivity contribution in [3.8, 4) is 0 Å². The van der Waals surface area contributed by atoms with Gasteiger partial charge in [0.15, 0.2) is 0 Å². The van der Waals surface area contributed by atoms with Crippen molar-refractivity contribution in [2.24, 2.45) is 0 Å². The first-order chi connectivity index (χ1) is 11.0. The summed E-state index contributed by atoms with van der Waals surface area (Å²) in [7, 11) is 0. The second-order valence-electron chi connectivity index (χ2n) is 4.90. The van der Waals surface area contributed by atoms with Gasteiger partial charge in [0, 0.05) is 17.1 Å². The van der Waals surface area contributed by atoms with Crippen molar-refractivity contribution in [2.45, 2.75) is 4.58 Å². The van der Waals surface area contributed by atoms with E-state index >= 15 is 0 Å². The molecule has 1 N–H and O–H groups in total. The summed E-state index contributed by atoms with van der Waals surface area (Å²) in [4.78, 5) is 12.3. The quantitative estimate of drug-likeness (QED) is 0.602. The van der Waals surface area contributed by atoms with Gasteiger partial charge >= 0.3 is 0 Å². The zero-order valence-corrected chi connectivity index (χ0v) is 15.7. The van der Waals surface area contributed by atoms with Crippen LogP contribution in [-0.4, -0.2) is 17.4 Å². The van der Waals surface area contributed by atoms with Crippen molar-refractivity contribution < 1.29 is 4.79 Å². The Morgan fingerprint density at radius 1 is 0.957 bits per heavy atom. The van der Waals surface area contributed by atoms with E-state index in [1.807, 2.05) is 47.8 Å². The molecule has 1 amide bonds. The monoisotopic (exact) mass is 403 g/mol. The van der Waals surface area contributed by atoms with Crippen LogP contribution in [0.2, 0.25) is 15.1 Å². The lowest BCUT2D eigenvalue weighted by atomic mass is 10.1. The molecule has 1 heterocycles. The summed E-state index contributed by atoms with van der Waals surface area (Å²) in [6.07, 6.45) is 0. The molecule has 1 fully saturated rings. The Bertz CT molecular complexity index is 731. The number of carbonyl (C=O) groups excluding carboxylic acids is 1. The van der Waals surface area contributed by atoms with Crippen LogP contribution in [0.1, 0.15) is 20.5 Å². The smallest absolute Gasteiger partial charge is 0.255 e. The number of rotatable bonds is 3. The summed E-state index contributed by atoms with van der Waals surface area (Å²) in [5.41, 5.74) is 2.25. The van der Waals surface area contributed by atoms with Crippen molar-refractivity contribution in [3.63, 3.8) is 0 Å². The van der Waals surface area contributed by atoms with Gasteiger partial charge in [0.05, 0.1) is 25.3 Å². The van der Waals surface area contributed by atoms with E-state index in [-0.39, 0.29) is 5.91 Å². The molecule has 0 radical (unpaired) electrons. The number of hydrogen-bond acceptors (Lipinski definition) is 3. The molecule has 0 spiro atoms. The Hall–Kier alpha value is -0.520. The molecular weight excluding hydrogens is 393 g/mol. The summed E-state index contributed by atoms with van der Waals surface area (Å²) in [5.74, 6) is 2.12. The molecule has 2 aromatic carbocycles. The van der Waals surface area contributed by atoms with Crippen LogP contribution in [0.15, 0.2) is 36.4 Å². The number of hydrogen-bond donors (Lipinski definition) is 1. The highest BCUT2D eigenvalue weighted by Gasteiger charge is 2.18. The molecule has 2 nitrogen and oxygen atoms in total. The number of thioether (sulfide) groups is 2. The molecule has 0 bridgehead atoms. The zero-order chi connectivity index (χ0) is 16.4. The van der Waals surface area contributed by atoms with Crippen molar-refractivity contribution in [1.29, 1.82) is 0 Å². The summed E-state index contributed by atoms with van der Waals surface area (Å²) < 4.78 is 0.469. The van der Waals surface area contributed by atoms with Crippen LogP contribution in [0.3, 0.4) is 0 Å². The lowest BCUT2D eigenvalue weighted by Crippen LogP contribution is -2.12. The van der Waals surface area contributed by atoms with E-state index in [4.69, 9.17) is 34.8 Å². The SMILES string of the molecule is O=C(Nc1cc(Cl)c(Cl)cc1Cl)c1ccc(C2SCCS2)cc1. The number of halogens is 3. The largest absolute Gasteiger partial charge is 0.321 e. The summed E-state index contributed by atoms with van der Waals surface area (Å²) in [6.45, 7) is 0. The number of nitrogens with one attached hydrogen (secondary N) is 1. The van der Waals surface area contributed by atoms with Gasteiger partial charge in [-0.15, -0.1) is 23.5 Å². The fourth-order valence-corrected chi connectivity index (χ4v) is 5.61. The normalized spacial score (nSPS) is 14.9. The molecule has 1 aliphatic heterocycles. The van der Waals surface area contributed by atoms with Crippen LogP contribution >= 0.6 is 58.3 Å². The molecule has 23 heavy (non-hydrogen) atoms.